The minimum atomic E-state index is -0.963. The van der Waals surface area contributed by atoms with Crippen LogP contribution in [0.4, 0.5) is 0 Å². The van der Waals surface area contributed by atoms with Gasteiger partial charge in [-0.15, -0.1) is 0 Å². The van der Waals surface area contributed by atoms with Crippen LogP contribution in [0.5, 0.6) is 0 Å². The molecular formula is C11H17N5. The second kappa shape index (κ2) is 3.77. The molecule has 1 aliphatic rings. The quantitative estimate of drug-likeness (QED) is 0.576. The van der Waals surface area contributed by atoms with Crippen LogP contribution in [0.25, 0.3) is 0 Å². The molecule has 6 N–H and O–H groups in total. The van der Waals surface area contributed by atoms with Crippen molar-refractivity contribution in [3.05, 3.63) is 35.4 Å². The van der Waals surface area contributed by atoms with Crippen molar-refractivity contribution < 1.29 is 0 Å². The van der Waals surface area contributed by atoms with E-state index in [9.17, 15) is 0 Å². The van der Waals surface area contributed by atoms with Gasteiger partial charge in [-0.25, -0.2) is 4.99 Å². The number of nitrogens with zero attached hydrogens (tertiary/aromatic N) is 1. The van der Waals surface area contributed by atoms with Crippen molar-refractivity contribution in [3.8, 4) is 0 Å². The van der Waals surface area contributed by atoms with Crippen LogP contribution in [0, 0.1) is 0 Å². The molecule has 5 heteroatoms. The summed E-state index contributed by atoms with van der Waals surface area (Å²) >= 11 is 0. The summed E-state index contributed by atoms with van der Waals surface area (Å²) in [5.41, 5.74) is 19.3. The number of hydrazine groups is 1. The third-order valence-corrected chi connectivity index (χ3v) is 2.67. The Morgan fingerprint density at radius 2 is 2.12 bits per heavy atom. The summed E-state index contributed by atoms with van der Waals surface area (Å²) in [6.07, 6.45) is 0. The average Bonchev–Trinajstić information content (AvgIpc) is 2.60. The molecular weight excluding hydrogens is 202 g/mol. The van der Waals surface area contributed by atoms with Gasteiger partial charge in [0.2, 0.25) is 11.7 Å². The van der Waals surface area contributed by atoms with Gasteiger partial charge in [0.25, 0.3) is 0 Å². The van der Waals surface area contributed by atoms with Crippen molar-refractivity contribution in [2.45, 2.75) is 25.6 Å². The Hall–Kier alpha value is -1.59. The zero-order chi connectivity index (χ0) is 11.8. The van der Waals surface area contributed by atoms with Crippen LogP contribution < -0.4 is 22.3 Å². The van der Waals surface area contributed by atoms with Gasteiger partial charge in [-0.2, -0.15) is 5.43 Å². The van der Waals surface area contributed by atoms with Crippen LogP contribution in [-0.4, -0.2) is 5.96 Å². The normalized spacial score (nSPS) is 24.4. The molecule has 0 aromatic heterocycles. The molecule has 0 saturated heterocycles. The molecule has 16 heavy (non-hydrogen) atoms. The molecule has 1 aromatic carbocycles. The molecule has 86 valence electrons. The van der Waals surface area contributed by atoms with Gasteiger partial charge in [0.1, 0.15) is 0 Å². The maximum atomic E-state index is 6.10. The monoisotopic (exact) mass is 219 g/mol. The number of benzene rings is 1. The number of guanidine groups is 1. The van der Waals surface area contributed by atoms with Crippen molar-refractivity contribution in [1.82, 2.24) is 10.9 Å². The first-order valence-electron chi connectivity index (χ1n) is 5.29. The molecule has 0 spiro atoms. The predicted octanol–water partition coefficient (Wildman–Crippen LogP) is 0.302. The summed E-state index contributed by atoms with van der Waals surface area (Å²) in [7, 11) is 0. The lowest BCUT2D eigenvalue weighted by Gasteiger charge is -2.21. The molecule has 0 bridgehead atoms. The molecule has 1 atom stereocenters. The van der Waals surface area contributed by atoms with Crippen LogP contribution in [-0.2, 0) is 5.79 Å². The van der Waals surface area contributed by atoms with Crippen molar-refractivity contribution >= 4 is 5.96 Å². The van der Waals surface area contributed by atoms with Crippen LogP contribution in [0.15, 0.2) is 29.3 Å². The number of rotatable bonds is 2. The lowest BCUT2D eigenvalue weighted by Crippen LogP contribution is -2.50. The van der Waals surface area contributed by atoms with Gasteiger partial charge in [0.05, 0.1) is 0 Å². The van der Waals surface area contributed by atoms with Crippen molar-refractivity contribution in [1.29, 1.82) is 0 Å². The summed E-state index contributed by atoms with van der Waals surface area (Å²) < 4.78 is 0. The molecule has 1 aromatic rings. The van der Waals surface area contributed by atoms with Crippen LogP contribution >= 0.6 is 0 Å². The van der Waals surface area contributed by atoms with E-state index >= 15 is 0 Å². The zero-order valence-corrected chi connectivity index (χ0v) is 9.49. The van der Waals surface area contributed by atoms with Gasteiger partial charge >= 0.3 is 0 Å². The van der Waals surface area contributed by atoms with E-state index in [0.29, 0.717) is 11.9 Å². The van der Waals surface area contributed by atoms with E-state index in [0.717, 1.165) is 5.56 Å². The fraction of sp³-hybridized carbons (Fsp3) is 0.364. The minimum Gasteiger partial charge on any atom is -0.369 e. The van der Waals surface area contributed by atoms with Crippen molar-refractivity contribution in [2.75, 3.05) is 0 Å². The smallest absolute Gasteiger partial charge is 0.209 e. The first kappa shape index (κ1) is 10.9. The van der Waals surface area contributed by atoms with E-state index in [1.807, 2.05) is 18.2 Å². The van der Waals surface area contributed by atoms with Crippen molar-refractivity contribution in [3.63, 3.8) is 0 Å². The number of nitrogens with two attached hydrogens (primary N) is 2. The molecule has 2 rings (SSSR count). The predicted molar refractivity (Wildman–Crippen MR) is 64.3 cm³/mol. The van der Waals surface area contributed by atoms with E-state index in [2.05, 4.69) is 35.8 Å². The summed E-state index contributed by atoms with van der Waals surface area (Å²) in [6, 6.07) is 8.03. The molecule has 1 heterocycles. The van der Waals surface area contributed by atoms with Gasteiger partial charge < -0.3 is 5.73 Å². The fourth-order valence-electron chi connectivity index (χ4n) is 1.68. The fourth-order valence-corrected chi connectivity index (χ4v) is 1.68. The van der Waals surface area contributed by atoms with Gasteiger partial charge in [0, 0.05) is 5.56 Å². The molecule has 0 saturated carbocycles. The van der Waals surface area contributed by atoms with E-state index in [4.69, 9.17) is 11.5 Å². The highest BCUT2D eigenvalue weighted by Crippen LogP contribution is 2.23. The molecule has 0 amide bonds. The van der Waals surface area contributed by atoms with Crippen LogP contribution in [0.3, 0.4) is 0 Å². The maximum absolute atomic E-state index is 6.10. The Morgan fingerprint density at radius 3 is 2.69 bits per heavy atom. The lowest BCUT2D eigenvalue weighted by molar-refractivity contribution is 0.375. The highest BCUT2D eigenvalue weighted by Gasteiger charge is 2.31. The highest BCUT2D eigenvalue weighted by molar-refractivity contribution is 5.79. The number of hydrogen-bond acceptors (Lipinski definition) is 5. The van der Waals surface area contributed by atoms with Crippen LogP contribution in [0.2, 0.25) is 0 Å². The molecule has 0 fully saturated rings. The Morgan fingerprint density at radius 1 is 1.38 bits per heavy atom. The van der Waals surface area contributed by atoms with Crippen molar-refractivity contribution in [2.24, 2.45) is 16.5 Å². The minimum absolute atomic E-state index is 0.303. The summed E-state index contributed by atoms with van der Waals surface area (Å²) in [5.74, 6) is -0.202. The van der Waals surface area contributed by atoms with E-state index in [-0.39, 0.29) is 0 Å². The van der Waals surface area contributed by atoms with E-state index in [1.54, 1.807) is 0 Å². The van der Waals surface area contributed by atoms with Crippen LogP contribution in [0.1, 0.15) is 30.9 Å². The summed E-state index contributed by atoms with van der Waals surface area (Å²) in [5, 5.41) is 0. The number of hydrogen-bond donors (Lipinski definition) is 4. The average molecular weight is 219 g/mol. The molecule has 1 unspecified atom stereocenters. The topological polar surface area (TPSA) is 88.5 Å². The Labute approximate surface area is 94.9 Å². The van der Waals surface area contributed by atoms with Gasteiger partial charge in [-0.3, -0.25) is 11.2 Å². The Kier molecular flexibility index (Phi) is 2.57. The van der Waals surface area contributed by atoms with Gasteiger partial charge in [-0.05, 0) is 11.5 Å². The summed E-state index contributed by atoms with van der Waals surface area (Å²) in [6.45, 7) is 4.28. The highest BCUT2D eigenvalue weighted by atomic mass is 15.6. The lowest BCUT2D eigenvalue weighted by atomic mass is 9.98. The largest absolute Gasteiger partial charge is 0.369 e. The SMILES string of the molecule is CC(C)c1cccc(C2(N)N=C(N)NN2)c1. The second-order valence-corrected chi connectivity index (χ2v) is 4.29. The zero-order valence-electron chi connectivity index (χ0n) is 9.49. The second-order valence-electron chi connectivity index (χ2n) is 4.29. The number of aliphatic imine (C=N–C) groups is 1. The molecule has 1 aliphatic heterocycles. The molecule has 0 radical (unpaired) electrons. The standard InChI is InChI=1S/C11H17N5/c1-7(2)8-4-3-5-9(6-8)11(13)14-10(12)15-16-11/h3-7,16H,13H2,1-2H3,(H3,12,14,15). The van der Waals surface area contributed by atoms with E-state index < -0.39 is 5.79 Å². The molecule has 5 nitrogen and oxygen atoms in total. The first-order valence-corrected chi connectivity index (χ1v) is 5.29. The van der Waals surface area contributed by atoms with Gasteiger partial charge in [-0.1, -0.05) is 38.1 Å². The number of nitrogens with one attached hydrogen (secondary N) is 2. The molecule has 0 aliphatic carbocycles. The van der Waals surface area contributed by atoms with E-state index in [1.165, 1.54) is 5.56 Å². The van der Waals surface area contributed by atoms with Gasteiger partial charge in [0.15, 0.2) is 0 Å². The first-order chi connectivity index (χ1) is 7.51. The third kappa shape index (κ3) is 1.87. The summed E-state index contributed by atoms with van der Waals surface area (Å²) in [4.78, 5) is 4.14. The Bertz CT molecular complexity index is 426. The maximum Gasteiger partial charge on any atom is 0.209 e. The third-order valence-electron chi connectivity index (χ3n) is 2.67. The Balaban J connectivity index is 2.37.